The van der Waals surface area contributed by atoms with Gasteiger partial charge in [-0.2, -0.15) is 11.3 Å². The molecule has 0 aliphatic rings. The maximum Gasteiger partial charge on any atom is 0.0216 e. The van der Waals surface area contributed by atoms with Gasteiger partial charge in [0, 0.05) is 12.6 Å². The molecule has 80 valence electrons. The van der Waals surface area contributed by atoms with Crippen molar-refractivity contribution in [3.05, 3.63) is 22.4 Å². The lowest BCUT2D eigenvalue weighted by molar-refractivity contribution is 0.443. The van der Waals surface area contributed by atoms with Crippen molar-refractivity contribution in [3.63, 3.8) is 0 Å². The first-order valence-corrected chi connectivity index (χ1v) is 6.55. The Bertz CT molecular complexity index is 212. The fourth-order valence-corrected chi connectivity index (χ4v) is 2.37. The Kier molecular flexibility index (Phi) is 5.88. The zero-order chi connectivity index (χ0) is 10.2. The maximum atomic E-state index is 3.63. The molecule has 0 aliphatic heterocycles. The molecule has 0 fully saturated rings. The van der Waals surface area contributed by atoms with Gasteiger partial charge in [-0.05, 0) is 35.2 Å². The quantitative estimate of drug-likeness (QED) is 0.723. The van der Waals surface area contributed by atoms with Gasteiger partial charge in [0.25, 0.3) is 0 Å². The van der Waals surface area contributed by atoms with Crippen LogP contribution in [0.3, 0.4) is 0 Å². The van der Waals surface area contributed by atoms with Gasteiger partial charge in [-0.15, -0.1) is 0 Å². The second-order valence-corrected chi connectivity index (χ2v) is 4.57. The number of thiophene rings is 1. The van der Waals surface area contributed by atoms with Crippen molar-refractivity contribution in [2.24, 2.45) is 0 Å². The van der Waals surface area contributed by atoms with Gasteiger partial charge < -0.3 is 5.32 Å². The van der Waals surface area contributed by atoms with Crippen LogP contribution in [0.1, 0.15) is 45.1 Å². The van der Waals surface area contributed by atoms with Crippen LogP contribution in [0, 0.1) is 0 Å². The second kappa shape index (κ2) is 7.02. The highest BCUT2D eigenvalue weighted by molar-refractivity contribution is 7.07. The van der Waals surface area contributed by atoms with Crippen LogP contribution in [-0.2, 0) is 6.54 Å². The monoisotopic (exact) mass is 211 g/mol. The van der Waals surface area contributed by atoms with Crippen LogP contribution < -0.4 is 5.32 Å². The molecule has 1 N–H and O–H groups in total. The highest BCUT2D eigenvalue weighted by Gasteiger charge is 2.05. The maximum absolute atomic E-state index is 3.63. The Morgan fingerprint density at radius 3 is 2.50 bits per heavy atom. The summed E-state index contributed by atoms with van der Waals surface area (Å²) in [6, 6.07) is 2.91. The summed E-state index contributed by atoms with van der Waals surface area (Å²) in [6.07, 6.45) is 5.17. The fraction of sp³-hybridized carbons (Fsp3) is 0.667. The summed E-state index contributed by atoms with van der Waals surface area (Å²) in [7, 11) is 0. The highest BCUT2D eigenvalue weighted by atomic mass is 32.1. The molecular weight excluding hydrogens is 190 g/mol. The number of hydrogen-bond donors (Lipinski definition) is 1. The lowest BCUT2D eigenvalue weighted by Crippen LogP contribution is -2.28. The summed E-state index contributed by atoms with van der Waals surface area (Å²) >= 11 is 1.78. The van der Waals surface area contributed by atoms with Gasteiger partial charge in [0.15, 0.2) is 0 Å². The van der Waals surface area contributed by atoms with Crippen LogP contribution in [-0.4, -0.2) is 6.04 Å². The molecular formula is C12H21NS. The summed E-state index contributed by atoms with van der Waals surface area (Å²) < 4.78 is 0. The van der Waals surface area contributed by atoms with Crippen LogP contribution in [0.5, 0.6) is 0 Å². The van der Waals surface area contributed by atoms with Crippen LogP contribution in [0.25, 0.3) is 0 Å². The largest absolute Gasteiger partial charge is 0.310 e. The molecule has 1 rings (SSSR count). The van der Waals surface area contributed by atoms with Crippen LogP contribution in [0.2, 0.25) is 0 Å². The predicted molar refractivity (Wildman–Crippen MR) is 64.8 cm³/mol. The standard InChI is InChI=1S/C12H21NS/c1-3-5-12(6-4-2)13-9-11-7-8-14-10-11/h7-8,10,12-13H,3-6,9H2,1-2H3. The van der Waals surface area contributed by atoms with E-state index < -0.39 is 0 Å². The molecule has 1 aromatic heterocycles. The van der Waals surface area contributed by atoms with Crippen LogP contribution in [0.4, 0.5) is 0 Å². The third kappa shape index (κ3) is 4.25. The van der Waals surface area contributed by atoms with E-state index >= 15 is 0 Å². The van der Waals surface area contributed by atoms with E-state index in [9.17, 15) is 0 Å². The fourth-order valence-electron chi connectivity index (χ4n) is 1.70. The van der Waals surface area contributed by atoms with Crippen molar-refractivity contribution < 1.29 is 0 Å². The normalized spacial score (nSPS) is 11.1. The first-order valence-electron chi connectivity index (χ1n) is 5.61. The third-order valence-corrected chi connectivity index (χ3v) is 3.18. The number of nitrogens with one attached hydrogen (secondary N) is 1. The van der Waals surface area contributed by atoms with E-state index in [-0.39, 0.29) is 0 Å². The molecule has 1 heterocycles. The molecule has 0 aliphatic carbocycles. The summed E-state index contributed by atoms with van der Waals surface area (Å²) in [5.74, 6) is 0. The minimum absolute atomic E-state index is 0.713. The molecule has 0 aromatic carbocycles. The molecule has 1 nitrogen and oxygen atoms in total. The third-order valence-electron chi connectivity index (χ3n) is 2.45. The van der Waals surface area contributed by atoms with Crippen molar-refractivity contribution >= 4 is 11.3 Å². The zero-order valence-electron chi connectivity index (χ0n) is 9.25. The summed E-state index contributed by atoms with van der Waals surface area (Å²) in [5.41, 5.74) is 1.42. The SMILES string of the molecule is CCCC(CCC)NCc1ccsc1. The molecule has 0 radical (unpaired) electrons. The molecule has 1 aromatic rings. The molecule has 0 saturated heterocycles. The Balaban J connectivity index is 2.25. The van der Waals surface area contributed by atoms with Gasteiger partial charge in [0.05, 0.1) is 0 Å². The summed E-state index contributed by atoms with van der Waals surface area (Å²) in [4.78, 5) is 0. The highest BCUT2D eigenvalue weighted by Crippen LogP contribution is 2.09. The predicted octanol–water partition coefficient (Wildman–Crippen LogP) is 3.81. The van der Waals surface area contributed by atoms with E-state index in [0.717, 1.165) is 6.54 Å². The lowest BCUT2D eigenvalue weighted by atomic mass is 10.1. The number of rotatable bonds is 7. The second-order valence-electron chi connectivity index (χ2n) is 3.79. The van der Waals surface area contributed by atoms with Crippen molar-refractivity contribution in [2.75, 3.05) is 0 Å². The van der Waals surface area contributed by atoms with Crippen molar-refractivity contribution in [1.29, 1.82) is 0 Å². The Morgan fingerprint density at radius 2 is 2.00 bits per heavy atom. The molecule has 0 bridgehead atoms. The average molecular weight is 211 g/mol. The summed E-state index contributed by atoms with van der Waals surface area (Å²) in [6.45, 7) is 5.55. The molecule has 0 atom stereocenters. The molecule has 14 heavy (non-hydrogen) atoms. The van der Waals surface area contributed by atoms with Crippen molar-refractivity contribution in [1.82, 2.24) is 5.32 Å². The zero-order valence-corrected chi connectivity index (χ0v) is 10.1. The van der Waals surface area contributed by atoms with E-state index in [1.165, 1.54) is 31.2 Å². The van der Waals surface area contributed by atoms with Gasteiger partial charge in [-0.25, -0.2) is 0 Å². The average Bonchev–Trinajstić information content (AvgIpc) is 2.67. The molecule has 2 heteroatoms. The van der Waals surface area contributed by atoms with E-state index in [0.29, 0.717) is 6.04 Å². The van der Waals surface area contributed by atoms with Crippen molar-refractivity contribution in [3.8, 4) is 0 Å². The van der Waals surface area contributed by atoms with Gasteiger partial charge >= 0.3 is 0 Å². The van der Waals surface area contributed by atoms with Crippen LogP contribution >= 0.6 is 11.3 Å². The van der Waals surface area contributed by atoms with Gasteiger partial charge in [0.1, 0.15) is 0 Å². The van der Waals surface area contributed by atoms with Crippen LogP contribution in [0.15, 0.2) is 16.8 Å². The smallest absolute Gasteiger partial charge is 0.0216 e. The van der Waals surface area contributed by atoms with E-state index in [2.05, 4.69) is 36.0 Å². The Labute approximate surface area is 91.5 Å². The molecule has 0 unspecified atom stereocenters. The minimum atomic E-state index is 0.713. The van der Waals surface area contributed by atoms with Gasteiger partial charge in [-0.3, -0.25) is 0 Å². The first kappa shape index (κ1) is 11.7. The molecule has 0 spiro atoms. The van der Waals surface area contributed by atoms with E-state index in [1.807, 2.05) is 0 Å². The first-order chi connectivity index (χ1) is 6.86. The van der Waals surface area contributed by atoms with Crippen molar-refractivity contribution in [2.45, 2.75) is 52.1 Å². The minimum Gasteiger partial charge on any atom is -0.310 e. The van der Waals surface area contributed by atoms with E-state index in [4.69, 9.17) is 0 Å². The topological polar surface area (TPSA) is 12.0 Å². The molecule has 0 saturated carbocycles. The Hall–Kier alpha value is -0.340. The Morgan fingerprint density at radius 1 is 1.29 bits per heavy atom. The van der Waals surface area contributed by atoms with Gasteiger partial charge in [-0.1, -0.05) is 26.7 Å². The molecule has 0 amide bonds. The summed E-state index contributed by atoms with van der Waals surface area (Å²) in [5, 5.41) is 8.00. The number of hydrogen-bond acceptors (Lipinski definition) is 2. The van der Waals surface area contributed by atoms with Gasteiger partial charge in [0.2, 0.25) is 0 Å². The van der Waals surface area contributed by atoms with E-state index in [1.54, 1.807) is 11.3 Å². The lowest BCUT2D eigenvalue weighted by Gasteiger charge is -2.16.